The van der Waals surface area contributed by atoms with Gasteiger partial charge in [0.25, 0.3) is 0 Å². The molecule has 128 valence electrons. The molecule has 0 atom stereocenters. The van der Waals surface area contributed by atoms with Crippen LogP contribution in [0.5, 0.6) is 5.75 Å². The number of nitrogens with zero attached hydrogens (tertiary/aromatic N) is 1. The first-order chi connectivity index (χ1) is 10.4. The Labute approximate surface area is 150 Å². The van der Waals surface area contributed by atoms with Crippen molar-refractivity contribution in [2.45, 2.75) is 19.6 Å². The van der Waals surface area contributed by atoms with Crippen LogP contribution in [0.25, 0.3) is 0 Å². The second kappa shape index (κ2) is 10.2. The first kappa shape index (κ1) is 21.4. The fourth-order valence-electron chi connectivity index (χ4n) is 1.64. The third kappa shape index (κ3) is 8.54. The molecule has 0 bridgehead atoms. The summed E-state index contributed by atoms with van der Waals surface area (Å²) in [6.07, 6.45) is 0.762. The first-order valence-electron chi connectivity index (χ1n) is 6.53. The smallest absolute Gasteiger partial charge is 0.422 e. The Morgan fingerprint density at radius 3 is 2.61 bits per heavy atom. The summed E-state index contributed by atoms with van der Waals surface area (Å²) in [4.78, 5) is 3.95. The summed E-state index contributed by atoms with van der Waals surface area (Å²) in [5, 5.41) is 5.82. The van der Waals surface area contributed by atoms with E-state index < -0.39 is 12.8 Å². The van der Waals surface area contributed by atoms with Gasteiger partial charge in [0, 0.05) is 19.2 Å². The number of terminal acetylenes is 1. The van der Waals surface area contributed by atoms with E-state index in [4.69, 9.17) is 11.2 Å². The number of nitrogens with one attached hydrogen (secondary N) is 2. The monoisotopic (exact) mass is 441 g/mol. The number of guanidine groups is 1. The molecular weight excluding hydrogens is 422 g/mol. The zero-order chi connectivity index (χ0) is 16.6. The molecule has 1 rings (SSSR count). The van der Waals surface area contributed by atoms with Gasteiger partial charge in [-0.25, -0.2) is 0 Å². The number of aryl methyl sites for hydroxylation is 1. The van der Waals surface area contributed by atoms with E-state index in [1.165, 1.54) is 0 Å². The molecule has 0 radical (unpaired) electrons. The molecule has 4 nitrogen and oxygen atoms in total. The fourth-order valence-corrected chi connectivity index (χ4v) is 1.64. The average molecular weight is 441 g/mol. The van der Waals surface area contributed by atoms with Crippen LogP contribution in [-0.2, 0) is 6.54 Å². The normalized spacial score (nSPS) is 11.2. The zero-order valence-corrected chi connectivity index (χ0v) is 15.2. The van der Waals surface area contributed by atoms with Crippen LogP contribution < -0.4 is 15.4 Å². The highest BCUT2D eigenvalue weighted by molar-refractivity contribution is 14.0. The third-order valence-corrected chi connectivity index (χ3v) is 2.64. The van der Waals surface area contributed by atoms with Crippen LogP contribution in [0.4, 0.5) is 13.2 Å². The SMILES string of the molecule is C#CCNC(=NC)NCc1ccc(C)cc1OCC(F)(F)F.I. The van der Waals surface area contributed by atoms with Crippen molar-refractivity contribution >= 4 is 29.9 Å². The summed E-state index contributed by atoms with van der Waals surface area (Å²) >= 11 is 0. The van der Waals surface area contributed by atoms with E-state index in [9.17, 15) is 13.2 Å². The maximum absolute atomic E-state index is 12.3. The maximum atomic E-state index is 12.3. The summed E-state index contributed by atoms with van der Waals surface area (Å²) in [5.74, 6) is 3.06. The fraction of sp³-hybridized carbons (Fsp3) is 0.400. The average Bonchev–Trinajstić information content (AvgIpc) is 2.46. The van der Waals surface area contributed by atoms with Crippen molar-refractivity contribution in [1.29, 1.82) is 0 Å². The van der Waals surface area contributed by atoms with E-state index in [0.717, 1.165) is 5.56 Å². The Kier molecular flexibility index (Phi) is 9.48. The van der Waals surface area contributed by atoms with Crippen LogP contribution in [0, 0.1) is 19.3 Å². The van der Waals surface area contributed by atoms with Gasteiger partial charge in [-0.2, -0.15) is 13.2 Å². The number of hydrogen-bond donors (Lipinski definition) is 2. The Hall–Kier alpha value is -1.63. The largest absolute Gasteiger partial charge is 0.484 e. The molecule has 0 unspecified atom stereocenters. The third-order valence-electron chi connectivity index (χ3n) is 2.64. The van der Waals surface area contributed by atoms with Crippen LogP contribution >= 0.6 is 24.0 Å². The Morgan fingerprint density at radius 1 is 1.35 bits per heavy atom. The molecule has 0 spiro atoms. The standard InChI is InChI=1S/C15H18F3N3O.HI/c1-4-7-20-14(19-3)21-9-12-6-5-11(2)8-13(12)22-10-15(16,17)18;/h1,5-6,8H,7,9-10H2,2-3H3,(H2,19,20,21);1H. The lowest BCUT2D eigenvalue weighted by Gasteiger charge is -2.15. The van der Waals surface area contributed by atoms with Gasteiger partial charge in [-0.3, -0.25) is 4.99 Å². The highest BCUT2D eigenvalue weighted by Gasteiger charge is 2.28. The van der Waals surface area contributed by atoms with Gasteiger partial charge in [-0.05, 0) is 18.6 Å². The molecule has 8 heteroatoms. The summed E-state index contributed by atoms with van der Waals surface area (Å²) in [6, 6.07) is 5.08. The van der Waals surface area contributed by atoms with E-state index in [1.54, 1.807) is 32.2 Å². The highest BCUT2D eigenvalue weighted by atomic mass is 127. The van der Waals surface area contributed by atoms with Crippen molar-refractivity contribution in [2.24, 2.45) is 4.99 Å². The lowest BCUT2D eigenvalue weighted by Crippen LogP contribution is -2.37. The molecule has 0 heterocycles. The molecule has 2 N–H and O–H groups in total. The molecule has 0 amide bonds. The lowest BCUT2D eigenvalue weighted by atomic mass is 10.1. The van der Waals surface area contributed by atoms with E-state index >= 15 is 0 Å². The molecule has 0 fully saturated rings. The Bertz CT molecular complexity index is 568. The minimum absolute atomic E-state index is 0. The molecule has 1 aromatic rings. The number of alkyl halides is 3. The molecule has 0 aliphatic rings. The van der Waals surface area contributed by atoms with Crippen molar-refractivity contribution in [3.63, 3.8) is 0 Å². The lowest BCUT2D eigenvalue weighted by molar-refractivity contribution is -0.153. The van der Waals surface area contributed by atoms with E-state index in [-0.39, 0.29) is 36.3 Å². The summed E-state index contributed by atoms with van der Waals surface area (Å²) in [5.41, 5.74) is 1.41. The van der Waals surface area contributed by atoms with Gasteiger partial charge < -0.3 is 15.4 Å². The summed E-state index contributed by atoms with van der Waals surface area (Å²) < 4.78 is 41.8. The molecule has 0 saturated carbocycles. The van der Waals surface area contributed by atoms with Gasteiger partial charge in [-0.1, -0.05) is 18.1 Å². The van der Waals surface area contributed by atoms with Crippen LogP contribution in [0.15, 0.2) is 23.2 Å². The van der Waals surface area contributed by atoms with E-state index in [0.29, 0.717) is 18.1 Å². The van der Waals surface area contributed by atoms with E-state index in [2.05, 4.69) is 21.5 Å². The molecule has 0 aromatic heterocycles. The first-order valence-corrected chi connectivity index (χ1v) is 6.53. The number of hydrogen-bond acceptors (Lipinski definition) is 2. The van der Waals surface area contributed by atoms with Gasteiger partial charge >= 0.3 is 6.18 Å². The molecule has 0 saturated heterocycles. The van der Waals surface area contributed by atoms with Gasteiger partial charge in [-0.15, -0.1) is 30.4 Å². The van der Waals surface area contributed by atoms with Crippen molar-refractivity contribution in [1.82, 2.24) is 10.6 Å². The van der Waals surface area contributed by atoms with Crippen molar-refractivity contribution in [2.75, 3.05) is 20.2 Å². The minimum atomic E-state index is -4.38. The summed E-state index contributed by atoms with van der Waals surface area (Å²) in [7, 11) is 1.57. The number of ether oxygens (including phenoxy) is 1. The number of benzene rings is 1. The van der Waals surface area contributed by atoms with Gasteiger partial charge in [0.1, 0.15) is 5.75 Å². The minimum Gasteiger partial charge on any atom is -0.484 e. The quantitative estimate of drug-likeness (QED) is 0.320. The van der Waals surface area contributed by atoms with Crippen molar-refractivity contribution in [3.8, 4) is 18.1 Å². The number of aliphatic imine (C=N–C) groups is 1. The van der Waals surface area contributed by atoms with Crippen LogP contribution in [0.1, 0.15) is 11.1 Å². The molecule has 0 aliphatic heterocycles. The van der Waals surface area contributed by atoms with Gasteiger partial charge in [0.05, 0.1) is 6.54 Å². The molecule has 1 aromatic carbocycles. The Morgan fingerprint density at radius 2 is 2.04 bits per heavy atom. The van der Waals surface area contributed by atoms with E-state index in [1.807, 2.05) is 0 Å². The number of halogens is 4. The van der Waals surface area contributed by atoms with Crippen LogP contribution in [-0.4, -0.2) is 32.3 Å². The molecule has 23 heavy (non-hydrogen) atoms. The van der Waals surface area contributed by atoms with Gasteiger partial charge in [0.15, 0.2) is 12.6 Å². The van der Waals surface area contributed by atoms with Gasteiger partial charge in [0.2, 0.25) is 0 Å². The van der Waals surface area contributed by atoms with Crippen molar-refractivity contribution in [3.05, 3.63) is 29.3 Å². The van der Waals surface area contributed by atoms with Crippen molar-refractivity contribution < 1.29 is 17.9 Å². The topological polar surface area (TPSA) is 45.7 Å². The Balaban J connectivity index is 0.00000484. The second-order valence-corrected chi connectivity index (χ2v) is 4.50. The molecular formula is C15H19F3IN3O. The predicted octanol–water partition coefficient (Wildman–Crippen LogP) is 2.85. The van der Waals surface area contributed by atoms with Crippen LogP contribution in [0.2, 0.25) is 0 Å². The zero-order valence-electron chi connectivity index (χ0n) is 12.8. The number of rotatable bonds is 5. The highest BCUT2D eigenvalue weighted by Crippen LogP contribution is 2.23. The second-order valence-electron chi connectivity index (χ2n) is 4.50. The molecule has 0 aliphatic carbocycles. The summed E-state index contributed by atoms with van der Waals surface area (Å²) in [6.45, 7) is 1.02. The predicted molar refractivity (Wildman–Crippen MR) is 95.2 cm³/mol. The van der Waals surface area contributed by atoms with Crippen LogP contribution in [0.3, 0.4) is 0 Å². The maximum Gasteiger partial charge on any atom is 0.422 e.